The summed E-state index contributed by atoms with van der Waals surface area (Å²) in [6, 6.07) is 3.95. The third kappa shape index (κ3) is 4.30. The van der Waals surface area contributed by atoms with Gasteiger partial charge >= 0.3 is 6.09 Å². The van der Waals surface area contributed by atoms with Gasteiger partial charge in [-0.3, -0.25) is 0 Å². The molecule has 0 saturated heterocycles. The molecule has 5 heteroatoms. The highest BCUT2D eigenvalue weighted by atomic mass is 35.5. The number of carbonyl (C=O) groups excluding carboxylic acids is 1. The Kier molecular flexibility index (Phi) is 5.62. The highest BCUT2D eigenvalue weighted by Gasteiger charge is 2.24. The summed E-state index contributed by atoms with van der Waals surface area (Å²) in [5.74, 6) is 0.428. The number of alkyl halides is 1. The van der Waals surface area contributed by atoms with Crippen molar-refractivity contribution in [1.82, 2.24) is 4.90 Å². The van der Waals surface area contributed by atoms with Crippen molar-refractivity contribution >= 4 is 29.3 Å². The Hall–Kier alpha value is -0.930. The van der Waals surface area contributed by atoms with Crippen LogP contribution >= 0.6 is 23.2 Å². The van der Waals surface area contributed by atoms with Crippen molar-refractivity contribution in [1.29, 1.82) is 0 Å². The van der Waals surface area contributed by atoms with Gasteiger partial charge in [0.05, 0.1) is 0 Å². The van der Waals surface area contributed by atoms with Crippen LogP contribution in [0.25, 0.3) is 0 Å². The van der Waals surface area contributed by atoms with E-state index < -0.39 is 5.60 Å². The van der Waals surface area contributed by atoms with Crippen molar-refractivity contribution in [3.63, 3.8) is 0 Å². The minimum Gasteiger partial charge on any atom is -0.444 e. The van der Waals surface area contributed by atoms with Gasteiger partial charge in [0.25, 0.3) is 0 Å². The number of amides is 1. The first-order valence-corrected chi connectivity index (χ1v) is 8.56. The summed E-state index contributed by atoms with van der Waals surface area (Å²) in [7, 11) is 0. The number of rotatable bonds is 1. The van der Waals surface area contributed by atoms with E-state index >= 15 is 0 Å². The van der Waals surface area contributed by atoms with Crippen LogP contribution in [-0.4, -0.2) is 29.7 Å². The van der Waals surface area contributed by atoms with E-state index in [-0.39, 0.29) is 6.09 Å². The Bertz CT molecular complexity index is 552. The van der Waals surface area contributed by atoms with E-state index in [0.29, 0.717) is 19.0 Å². The molecule has 3 nitrogen and oxygen atoms in total. The molecule has 0 aromatic heterocycles. The first-order valence-electron chi connectivity index (χ1n) is 7.65. The molecule has 1 aromatic rings. The molecule has 0 radical (unpaired) electrons. The Labute approximate surface area is 142 Å². The van der Waals surface area contributed by atoms with Crippen molar-refractivity contribution in [2.75, 3.05) is 13.1 Å². The third-order valence-electron chi connectivity index (χ3n) is 3.76. The summed E-state index contributed by atoms with van der Waals surface area (Å²) in [5, 5.41) is 0.735. The number of nitrogens with zero attached hydrogens (tertiary/aromatic N) is 1. The molecule has 0 N–H and O–H groups in total. The average molecular weight is 344 g/mol. The fraction of sp³-hybridized carbons (Fsp3) is 0.588. The number of hydrogen-bond acceptors (Lipinski definition) is 2. The van der Waals surface area contributed by atoms with Crippen LogP contribution < -0.4 is 0 Å². The first-order chi connectivity index (χ1) is 10.3. The lowest BCUT2D eigenvalue weighted by Crippen LogP contribution is -2.39. The molecule has 0 bridgehead atoms. The van der Waals surface area contributed by atoms with E-state index in [1.54, 1.807) is 4.90 Å². The smallest absolute Gasteiger partial charge is 0.410 e. The van der Waals surface area contributed by atoms with Gasteiger partial charge in [-0.25, -0.2) is 4.79 Å². The molecule has 22 heavy (non-hydrogen) atoms. The summed E-state index contributed by atoms with van der Waals surface area (Å²) in [6.07, 6.45) is 2.34. The summed E-state index contributed by atoms with van der Waals surface area (Å²) in [4.78, 5) is 14.0. The van der Waals surface area contributed by atoms with E-state index in [1.165, 1.54) is 11.1 Å². The average Bonchev–Trinajstić information content (AvgIpc) is 2.38. The molecular weight excluding hydrogens is 321 g/mol. The van der Waals surface area contributed by atoms with Gasteiger partial charge < -0.3 is 9.64 Å². The quantitative estimate of drug-likeness (QED) is 0.685. The monoisotopic (exact) mass is 343 g/mol. The van der Waals surface area contributed by atoms with Crippen LogP contribution in [0.4, 0.5) is 4.79 Å². The topological polar surface area (TPSA) is 29.5 Å². The molecule has 0 unspecified atom stereocenters. The Balaban J connectivity index is 2.14. The maximum Gasteiger partial charge on any atom is 0.410 e. The van der Waals surface area contributed by atoms with Gasteiger partial charge in [-0.05, 0) is 62.8 Å². The molecule has 0 atom stereocenters. The molecule has 1 amide bonds. The summed E-state index contributed by atoms with van der Waals surface area (Å²) in [5.41, 5.74) is 3.06. The minimum atomic E-state index is -0.462. The predicted molar refractivity (Wildman–Crippen MR) is 90.8 cm³/mol. The molecule has 0 aliphatic carbocycles. The Morgan fingerprint density at radius 1 is 1.27 bits per heavy atom. The Morgan fingerprint density at radius 2 is 2.00 bits per heavy atom. The predicted octanol–water partition coefficient (Wildman–Crippen LogP) is 4.80. The van der Waals surface area contributed by atoms with Gasteiger partial charge in [-0.2, -0.15) is 0 Å². The molecule has 0 fully saturated rings. The second-order valence-electron chi connectivity index (χ2n) is 6.62. The highest BCUT2D eigenvalue weighted by molar-refractivity contribution is 6.32. The zero-order valence-corrected chi connectivity index (χ0v) is 14.9. The molecule has 0 spiro atoms. The first kappa shape index (κ1) is 17.4. The zero-order chi connectivity index (χ0) is 16.3. The second kappa shape index (κ2) is 7.10. The summed E-state index contributed by atoms with van der Waals surface area (Å²) in [6.45, 7) is 7.02. The fourth-order valence-corrected chi connectivity index (χ4v) is 3.34. The number of halogens is 2. The van der Waals surface area contributed by atoms with E-state index in [2.05, 4.69) is 0 Å². The van der Waals surface area contributed by atoms with Crippen molar-refractivity contribution in [2.45, 2.75) is 51.5 Å². The van der Waals surface area contributed by atoms with E-state index in [1.807, 2.05) is 32.9 Å². The van der Waals surface area contributed by atoms with E-state index in [9.17, 15) is 4.79 Å². The summed E-state index contributed by atoms with van der Waals surface area (Å²) < 4.78 is 5.47. The normalized spacial score (nSPS) is 15.8. The largest absolute Gasteiger partial charge is 0.444 e. The maximum absolute atomic E-state index is 12.2. The SMILES string of the molecule is CC(C)(C)OC(=O)N1CCCc2c(ccc(Cl)c2CCl)CC1. The van der Waals surface area contributed by atoms with Crippen LogP contribution in [0.3, 0.4) is 0 Å². The Morgan fingerprint density at radius 3 is 2.64 bits per heavy atom. The van der Waals surface area contributed by atoms with Gasteiger partial charge in [-0.15, -0.1) is 11.6 Å². The lowest BCUT2D eigenvalue weighted by atomic mass is 9.94. The van der Waals surface area contributed by atoms with Crippen molar-refractivity contribution in [2.24, 2.45) is 0 Å². The number of fused-ring (bicyclic) bond motifs is 1. The van der Waals surface area contributed by atoms with Gasteiger partial charge in [0.2, 0.25) is 0 Å². The number of carbonyl (C=O) groups is 1. The van der Waals surface area contributed by atoms with Gasteiger partial charge in [-0.1, -0.05) is 17.7 Å². The van der Waals surface area contributed by atoms with Crippen LogP contribution in [0.1, 0.15) is 43.9 Å². The van der Waals surface area contributed by atoms with Gasteiger partial charge in [0, 0.05) is 24.0 Å². The molecule has 122 valence electrons. The van der Waals surface area contributed by atoms with Crippen LogP contribution in [0.5, 0.6) is 0 Å². The zero-order valence-electron chi connectivity index (χ0n) is 13.4. The molecule has 1 heterocycles. The van der Waals surface area contributed by atoms with Crippen molar-refractivity contribution < 1.29 is 9.53 Å². The highest BCUT2D eigenvalue weighted by Crippen LogP contribution is 2.28. The molecule has 1 aliphatic rings. The number of ether oxygens (including phenoxy) is 1. The maximum atomic E-state index is 12.2. The van der Waals surface area contributed by atoms with Crippen molar-refractivity contribution in [3.05, 3.63) is 33.8 Å². The van der Waals surface area contributed by atoms with Crippen LogP contribution in [0, 0.1) is 0 Å². The third-order valence-corrected chi connectivity index (χ3v) is 4.38. The number of benzene rings is 1. The van der Waals surface area contributed by atoms with Crippen LogP contribution in [0.2, 0.25) is 5.02 Å². The van der Waals surface area contributed by atoms with E-state index in [4.69, 9.17) is 27.9 Å². The molecule has 1 aliphatic heterocycles. The molecule has 0 saturated carbocycles. The molecule has 2 rings (SSSR count). The molecule has 1 aromatic carbocycles. The fourth-order valence-electron chi connectivity index (χ4n) is 2.73. The summed E-state index contributed by atoms with van der Waals surface area (Å²) >= 11 is 12.3. The van der Waals surface area contributed by atoms with Crippen LogP contribution in [-0.2, 0) is 23.5 Å². The van der Waals surface area contributed by atoms with Crippen molar-refractivity contribution in [3.8, 4) is 0 Å². The van der Waals surface area contributed by atoms with Gasteiger partial charge in [0.15, 0.2) is 0 Å². The van der Waals surface area contributed by atoms with Crippen LogP contribution in [0.15, 0.2) is 12.1 Å². The lowest BCUT2D eigenvalue weighted by Gasteiger charge is -2.29. The number of hydrogen-bond donors (Lipinski definition) is 0. The van der Waals surface area contributed by atoms with E-state index in [0.717, 1.165) is 29.8 Å². The molecular formula is C17H23Cl2NO2. The van der Waals surface area contributed by atoms with Gasteiger partial charge in [0.1, 0.15) is 5.60 Å². The standard InChI is InChI=1S/C17H23Cl2NO2/c1-17(2,3)22-16(21)20-9-4-5-13-12(8-10-20)6-7-15(19)14(13)11-18/h6-7H,4-5,8-11H2,1-3H3. The second-order valence-corrected chi connectivity index (χ2v) is 7.29. The minimum absolute atomic E-state index is 0.234. The lowest BCUT2D eigenvalue weighted by molar-refractivity contribution is 0.0247.